The monoisotopic (exact) mass is 1790 g/mol. The lowest BCUT2D eigenvalue weighted by molar-refractivity contribution is -0.147. The number of aryl methyl sites for hydroxylation is 2. The number of fused-ring (bicyclic) bond motifs is 1. The van der Waals surface area contributed by atoms with Crippen LogP contribution in [0.15, 0.2) is 72.8 Å². The van der Waals surface area contributed by atoms with E-state index in [0.29, 0.717) is 32.3 Å². The molecule has 20 amide bonds. The molecule has 0 spiro atoms. The van der Waals surface area contributed by atoms with Gasteiger partial charge in [0.15, 0.2) is 11.6 Å². The number of methoxy groups -OCH3 is 1. The van der Waals surface area contributed by atoms with Gasteiger partial charge in [-0.25, -0.2) is 14.1 Å². The zero-order valence-electron chi connectivity index (χ0n) is 72.8. The molecular formula is C83H104ClFN18O24. The Kier molecular flexibility index (Phi) is 35.8. The lowest BCUT2D eigenvalue weighted by atomic mass is 10.0. The molecule has 3 aliphatic heterocycles. The Morgan fingerprint density at radius 1 is 0.543 bits per heavy atom. The number of carboxylic acid groups (broad SMARTS) is 1. The van der Waals surface area contributed by atoms with E-state index in [0.717, 1.165) is 72.8 Å². The van der Waals surface area contributed by atoms with Crippen LogP contribution in [0.25, 0.3) is 0 Å². The van der Waals surface area contributed by atoms with Crippen molar-refractivity contribution in [3.05, 3.63) is 117 Å². The second-order valence-corrected chi connectivity index (χ2v) is 31.1. The quantitative estimate of drug-likeness (QED) is 0.0213. The molecule has 4 aromatic carbocycles. The molecule has 0 saturated carbocycles. The summed E-state index contributed by atoms with van der Waals surface area (Å²) in [7, 11) is 14.2. The largest absolute Gasteiger partial charge is 0.496 e. The lowest BCUT2D eigenvalue weighted by Crippen LogP contribution is -2.52. The molecule has 1 saturated heterocycles. The summed E-state index contributed by atoms with van der Waals surface area (Å²) in [5.74, 6) is -14.6. The summed E-state index contributed by atoms with van der Waals surface area (Å²) in [6, 6.07) is 11.4. The van der Waals surface area contributed by atoms with Crippen LogP contribution < -0.4 is 51.0 Å². The normalized spacial score (nSPS) is 13.6. The number of amides is 20. The van der Waals surface area contributed by atoms with E-state index in [1.54, 1.807) is 42.5 Å². The Hall–Kier alpha value is -14.2. The van der Waals surface area contributed by atoms with Gasteiger partial charge >= 0.3 is 12.0 Å². The number of anilines is 3. The summed E-state index contributed by atoms with van der Waals surface area (Å²) in [4.78, 5) is 271. The fourth-order valence-electron chi connectivity index (χ4n) is 12.7. The van der Waals surface area contributed by atoms with E-state index in [9.17, 15) is 95.9 Å². The molecule has 0 bridgehead atoms. The minimum absolute atomic E-state index is 0.0269. The average Bonchev–Trinajstić information content (AvgIpc) is 1.62. The van der Waals surface area contributed by atoms with Gasteiger partial charge in [-0.2, -0.15) is 0 Å². The van der Waals surface area contributed by atoms with Crippen molar-refractivity contribution < 1.29 is 120 Å². The lowest BCUT2D eigenvalue weighted by Gasteiger charge is -2.29. The molecule has 4 aromatic rings. The van der Waals surface area contributed by atoms with Crippen molar-refractivity contribution in [2.24, 2.45) is 0 Å². The minimum atomic E-state index is -1.25. The summed E-state index contributed by atoms with van der Waals surface area (Å²) < 4.78 is 34.6. The molecule has 0 aromatic heterocycles. The topological polar surface area (TPSA) is 500 Å². The number of urea groups is 1. The number of nitrogens with zero attached hydrogens (tertiary/aromatic N) is 12. The third-order valence-electron chi connectivity index (χ3n) is 20.7. The van der Waals surface area contributed by atoms with Crippen LogP contribution in [0.3, 0.4) is 0 Å². The molecule has 3 aliphatic rings. The van der Waals surface area contributed by atoms with Crippen LogP contribution >= 0.6 is 11.6 Å². The van der Waals surface area contributed by atoms with Crippen LogP contribution in [0.1, 0.15) is 84.1 Å². The first kappa shape index (κ1) is 99.9. The molecule has 42 nitrogen and oxygen atoms in total. The highest BCUT2D eigenvalue weighted by Gasteiger charge is 2.42. The van der Waals surface area contributed by atoms with Gasteiger partial charge in [-0.05, 0) is 87.6 Å². The Morgan fingerprint density at radius 2 is 1.00 bits per heavy atom. The number of likely N-dealkylation sites (N-methyl/N-ethyl adjacent to an activating group) is 10. The molecule has 7 rings (SSSR count). The van der Waals surface area contributed by atoms with Crippen molar-refractivity contribution in [1.29, 1.82) is 0 Å². The molecule has 0 aliphatic carbocycles. The number of rotatable bonds is 42. The van der Waals surface area contributed by atoms with Gasteiger partial charge < -0.3 is 99.8 Å². The first-order chi connectivity index (χ1) is 59.8. The van der Waals surface area contributed by atoms with Crippen molar-refractivity contribution in [1.82, 2.24) is 75.2 Å². The number of carbonyl (C=O) groups is 20. The highest BCUT2D eigenvalue weighted by Crippen LogP contribution is 2.39. The Bertz CT molecular complexity index is 5010. The zero-order valence-corrected chi connectivity index (χ0v) is 73.5. The standard InChI is InChI=1S/C83H104ClFN18O24/c1-47-17-22-53(32-57(47)84)90-83(124)86-34-51-19-24-55-56(35-102(82(55)123)59-26-28-62(105)91-81(59)122)77(51)127-46-52-18-23-54(33-60(52)125-14)89-80(121)49(3)88-79(120)48(2)87-61(104)27-21-50-20-25-58(103-64(107)29-30-65(103)108)76(85)78(50)126-31-15-16-63(106)92(4)36-66(109)93(5)37-67(110)94(6)38-68(111)95(7)39-69(112)96(8)40-70(113)97(9)41-71(114)98(10)42-72(115)99(11)43-73(116)100(12)44-74(117)101(13)45-75(118)119/h17-20,22-25,29-30,32-33,48-49,59H,15-16,21,26-28,31,34-46H2,1-14H3,(H,87,104)(H,88,120)(H,89,121)(H,118,119)(H2,86,90,124)(H,91,105,122)/t48-,49-,59?/m0/s1. The number of carboxylic acids is 1. The van der Waals surface area contributed by atoms with Gasteiger partial charge in [-0.15, -0.1) is 0 Å². The van der Waals surface area contributed by atoms with Gasteiger partial charge in [-0.1, -0.05) is 29.8 Å². The number of hydrogen-bond acceptors (Lipinski definition) is 23. The SMILES string of the molecule is COc1cc(NC(=O)[C@H](C)NC(=O)[C@H](C)NC(=O)CCc2ccc(N3C(=O)C=CC3=O)c(F)c2OCCCC(=O)N(C)CC(=O)N(C)CC(=O)N(C)CC(=O)N(C)CC(=O)N(C)CC(=O)N(C)CC(=O)N(C)CC(=O)N(C)CC(=O)N(C)CC(=O)N(C)CC(=O)O)ccc1COc1c(CNC(=O)Nc2ccc(C)c(Cl)c2)ccc2c1CN(C1CCC(=O)NC1=O)C2=O. The van der Waals surface area contributed by atoms with Gasteiger partial charge in [0.05, 0.1) is 84.9 Å². The van der Waals surface area contributed by atoms with Gasteiger partial charge in [0.25, 0.3) is 17.7 Å². The van der Waals surface area contributed by atoms with Crippen molar-refractivity contribution in [2.75, 3.05) is 165 Å². The maximum atomic E-state index is 16.6. The maximum absolute atomic E-state index is 16.6. The van der Waals surface area contributed by atoms with Crippen molar-refractivity contribution in [3.8, 4) is 17.2 Å². The van der Waals surface area contributed by atoms with Gasteiger partial charge in [0.1, 0.15) is 42.8 Å². The first-order valence-electron chi connectivity index (χ1n) is 39.7. The van der Waals surface area contributed by atoms with Crippen molar-refractivity contribution >= 4 is 147 Å². The third-order valence-corrected chi connectivity index (χ3v) is 21.1. The third kappa shape index (κ3) is 27.9. The number of carbonyl (C=O) groups excluding carboxylic acids is 19. The van der Waals surface area contributed by atoms with E-state index in [4.69, 9.17) is 30.9 Å². The van der Waals surface area contributed by atoms with E-state index in [1.807, 2.05) is 6.92 Å². The van der Waals surface area contributed by atoms with Crippen LogP contribution in [0.5, 0.6) is 17.2 Å². The Labute approximate surface area is 735 Å². The molecule has 684 valence electrons. The number of aliphatic carboxylic acids is 1. The fourth-order valence-corrected chi connectivity index (χ4v) is 12.9. The van der Waals surface area contributed by atoms with Crippen molar-refractivity contribution in [3.63, 3.8) is 0 Å². The maximum Gasteiger partial charge on any atom is 0.323 e. The van der Waals surface area contributed by atoms with E-state index >= 15 is 4.39 Å². The number of nitrogens with one attached hydrogen (secondary N) is 6. The number of hydrogen-bond donors (Lipinski definition) is 7. The summed E-state index contributed by atoms with van der Waals surface area (Å²) in [5.41, 5.74) is 2.66. The summed E-state index contributed by atoms with van der Waals surface area (Å²) in [5, 5.41) is 25.0. The van der Waals surface area contributed by atoms with E-state index in [-0.39, 0.29) is 93.1 Å². The molecule has 44 heteroatoms. The number of benzene rings is 4. The van der Waals surface area contributed by atoms with Crippen LogP contribution in [-0.2, 0) is 112 Å². The van der Waals surface area contributed by atoms with Crippen LogP contribution in [0, 0.1) is 12.7 Å². The molecule has 3 atom stereocenters. The summed E-state index contributed by atoms with van der Waals surface area (Å²) >= 11 is 6.28. The predicted molar refractivity (Wildman–Crippen MR) is 451 cm³/mol. The average molecular weight is 1790 g/mol. The van der Waals surface area contributed by atoms with E-state index in [1.165, 1.54) is 108 Å². The number of piperidine rings is 1. The smallest absolute Gasteiger partial charge is 0.323 e. The second-order valence-electron chi connectivity index (χ2n) is 30.7. The predicted octanol–water partition coefficient (Wildman–Crippen LogP) is -0.704. The molecule has 3 heterocycles. The molecular weight excluding hydrogens is 1690 g/mol. The van der Waals surface area contributed by atoms with Gasteiger partial charge in [0, 0.05) is 153 Å². The van der Waals surface area contributed by atoms with Crippen LogP contribution in [0.4, 0.5) is 26.2 Å². The van der Waals surface area contributed by atoms with Gasteiger partial charge in [-0.3, -0.25) is 96.4 Å². The van der Waals surface area contributed by atoms with Gasteiger partial charge in [0.2, 0.25) is 88.6 Å². The highest BCUT2D eigenvalue weighted by molar-refractivity contribution is 6.31. The molecule has 0 radical (unpaired) electrons. The molecule has 127 heavy (non-hydrogen) atoms. The molecule has 1 fully saturated rings. The van der Waals surface area contributed by atoms with Crippen molar-refractivity contribution in [2.45, 2.75) is 97.1 Å². The van der Waals surface area contributed by atoms with Crippen LogP contribution in [-0.4, -0.2) is 345 Å². The fraction of sp³-hybridized carbons (Fsp3) is 0.446. The molecule has 1 unspecified atom stereocenters. The summed E-state index contributed by atoms with van der Waals surface area (Å²) in [6.45, 7) is -1.38. The summed E-state index contributed by atoms with van der Waals surface area (Å²) in [6.07, 6.45) is 1.03. The number of imide groups is 2. The van der Waals surface area contributed by atoms with E-state index < -0.39 is 219 Å². The second kappa shape index (κ2) is 45.5. The van der Waals surface area contributed by atoms with E-state index in [2.05, 4.69) is 31.9 Å². The zero-order chi connectivity index (χ0) is 94.3. The number of halogens is 2. The number of ether oxygens (including phenoxy) is 3. The molecule has 7 N–H and O–H groups in total. The highest BCUT2D eigenvalue weighted by atomic mass is 35.5. The Morgan fingerprint density at radius 3 is 1.48 bits per heavy atom. The Balaban J connectivity index is 0.838. The minimum Gasteiger partial charge on any atom is -0.496 e. The van der Waals surface area contributed by atoms with Crippen LogP contribution in [0.2, 0.25) is 5.02 Å². The first-order valence-corrected chi connectivity index (χ1v) is 40.1.